The van der Waals surface area contributed by atoms with E-state index < -0.39 is 0 Å². The number of anilines is 1. The molecule has 0 saturated carbocycles. The van der Waals surface area contributed by atoms with Gasteiger partial charge in [-0.1, -0.05) is 33.6 Å². The Kier molecular flexibility index (Phi) is 6.06. The van der Waals surface area contributed by atoms with Crippen molar-refractivity contribution in [3.05, 3.63) is 47.5 Å². The average Bonchev–Trinajstić information content (AvgIpc) is 2.78. The standard InChI is InChI=1S/C14H18N2S.C2H6/c1-5-10(4)16-14-13(9(2)3)11-6-7-15-8-12(11)17-14;1-2/h5,15-16H,1-2,4,6-8H2,3H3;1-2H3. The molecule has 0 atom stereocenters. The zero-order chi connectivity index (χ0) is 14.4. The molecule has 0 fully saturated rings. The van der Waals surface area contributed by atoms with E-state index in [1.165, 1.54) is 16.0 Å². The minimum atomic E-state index is 0.832. The van der Waals surface area contributed by atoms with Crippen LogP contribution in [0.2, 0.25) is 0 Å². The van der Waals surface area contributed by atoms with Gasteiger partial charge >= 0.3 is 0 Å². The van der Waals surface area contributed by atoms with Gasteiger partial charge in [0.2, 0.25) is 0 Å². The first-order valence-corrected chi connectivity index (χ1v) is 7.54. The highest BCUT2D eigenvalue weighted by atomic mass is 32.1. The minimum Gasteiger partial charge on any atom is -0.347 e. The van der Waals surface area contributed by atoms with Gasteiger partial charge in [-0.2, -0.15) is 0 Å². The summed E-state index contributed by atoms with van der Waals surface area (Å²) >= 11 is 1.79. The van der Waals surface area contributed by atoms with Crippen molar-refractivity contribution >= 4 is 21.9 Å². The number of fused-ring (bicyclic) bond motifs is 1. The van der Waals surface area contributed by atoms with Crippen molar-refractivity contribution in [3.63, 3.8) is 0 Å². The summed E-state index contributed by atoms with van der Waals surface area (Å²) in [5.74, 6) is 0. The lowest BCUT2D eigenvalue weighted by Gasteiger charge is -2.14. The van der Waals surface area contributed by atoms with E-state index in [4.69, 9.17) is 0 Å². The summed E-state index contributed by atoms with van der Waals surface area (Å²) in [5, 5.41) is 7.86. The molecule has 0 aromatic carbocycles. The van der Waals surface area contributed by atoms with Crippen molar-refractivity contribution in [1.82, 2.24) is 5.32 Å². The summed E-state index contributed by atoms with van der Waals surface area (Å²) in [6.45, 7) is 19.8. The number of rotatable bonds is 4. The number of allylic oxidation sites excluding steroid dienone is 2. The Morgan fingerprint density at radius 3 is 2.63 bits per heavy atom. The third-order valence-corrected chi connectivity index (χ3v) is 4.02. The van der Waals surface area contributed by atoms with Crippen molar-refractivity contribution in [1.29, 1.82) is 0 Å². The lowest BCUT2D eigenvalue weighted by molar-refractivity contribution is 0.654. The molecule has 2 heterocycles. The van der Waals surface area contributed by atoms with Crippen molar-refractivity contribution < 1.29 is 0 Å². The van der Waals surface area contributed by atoms with Gasteiger partial charge in [-0.05, 0) is 37.1 Å². The predicted octanol–water partition coefficient (Wildman–Crippen LogP) is 4.56. The molecule has 0 spiro atoms. The van der Waals surface area contributed by atoms with Crippen LogP contribution in [0, 0.1) is 0 Å². The lowest BCUT2D eigenvalue weighted by atomic mass is 9.99. The first kappa shape index (κ1) is 15.7. The van der Waals surface area contributed by atoms with Crippen LogP contribution in [0.15, 0.2) is 31.5 Å². The zero-order valence-electron chi connectivity index (χ0n) is 12.2. The van der Waals surface area contributed by atoms with Crippen LogP contribution in [0.1, 0.15) is 36.8 Å². The van der Waals surface area contributed by atoms with Crippen LogP contribution in [0.25, 0.3) is 5.57 Å². The topological polar surface area (TPSA) is 24.1 Å². The molecule has 0 radical (unpaired) electrons. The van der Waals surface area contributed by atoms with Crippen molar-refractivity contribution in [2.45, 2.75) is 33.7 Å². The molecule has 0 saturated heterocycles. The molecule has 1 aliphatic rings. The van der Waals surface area contributed by atoms with Gasteiger partial charge in [0, 0.05) is 22.7 Å². The third-order valence-electron chi connectivity index (χ3n) is 2.88. The minimum absolute atomic E-state index is 0.832. The number of hydrogen-bond donors (Lipinski definition) is 2. The molecule has 0 bridgehead atoms. The highest BCUT2D eigenvalue weighted by Crippen LogP contribution is 2.39. The van der Waals surface area contributed by atoms with Crippen molar-refractivity contribution in [2.75, 3.05) is 11.9 Å². The smallest absolute Gasteiger partial charge is 0.101 e. The predicted molar refractivity (Wildman–Crippen MR) is 88.7 cm³/mol. The molecule has 104 valence electrons. The van der Waals surface area contributed by atoms with Gasteiger partial charge in [-0.15, -0.1) is 11.3 Å². The Morgan fingerprint density at radius 2 is 2.05 bits per heavy atom. The average molecular weight is 276 g/mol. The second-order valence-electron chi connectivity index (χ2n) is 4.27. The van der Waals surface area contributed by atoms with Gasteiger partial charge in [0.25, 0.3) is 0 Å². The van der Waals surface area contributed by atoms with E-state index >= 15 is 0 Å². The Morgan fingerprint density at radius 1 is 1.37 bits per heavy atom. The van der Waals surface area contributed by atoms with E-state index in [-0.39, 0.29) is 0 Å². The Hall–Kier alpha value is -1.32. The Balaban J connectivity index is 0.000000861. The van der Waals surface area contributed by atoms with E-state index in [1.807, 2.05) is 13.8 Å². The summed E-state index contributed by atoms with van der Waals surface area (Å²) in [6.07, 6.45) is 2.81. The van der Waals surface area contributed by atoms with E-state index in [9.17, 15) is 0 Å². The maximum Gasteiger partial charge on any atom is 0.101 e. The fourth-order valence-electron chi connectivity index (χ4n) is 2.07. The maximum atomic E-state index is 4.09. The van der Waals surface area contributed by atoms with Gasteiger partial charge in [0.05, 0.1) is 0 Å². The Labute approximate surface area is 120 Å². The van der Waals surface area contributed by atoms with Crippen LogP contribution < -0.4 is 10.6 Å². The fraction of sp³-hybridized carbons (Fsp3) is 0.375. The summed E-state index contributed by atoms with van der Waals surface area (Å²) < 4.78 is 0. The summed E-state index contributed by atoms with van der Waals surface area (Å²) in [7, 11) is 0. The first-order chi connectivity index (χ1) is 9.13. The summed E-state index contributed by atoms with van der Waals surface area (Å²) in [6, 6.07) is 0. The van der Waals surface area contributed by atoms with E-state index in [2.05, 4.69) is 37.3 Å². The van der Waals surface area contributed by atoms with Gasteiger partial charge in [0.15, 0.2) is 0 Å². The largest absolute Gasteiger partial charge is 0.347 e. The van der Waals surface area contributed by atoms with Gasteiger partial charge in [0.1, 0.15) is 5.00 Å². The van der Waals surface area contributed by atoms with Crippen LogP contribution in [0.5, 0.6) is 0 Å². The zero-order valence-corrected chi connectivity index (χ0v) is 13.0. The van der Waals surface area contributed by atoms with Crippen LogP contribution >= 0.6 is 11.3 Å². The third kappa shape index (κ3) is 3.58. The SMILES string of the molecule is C=CC(=C)Nc1sc2c(c1C(=C)C)CCNC2.CC. The molecular formula is C16H24N2S. The van der Waals surface area contributed by atoms with Crippen LogP contribution in [0.3, 0.4) is 0 Å². The van der Waals surface area contributed by atoms with E-state index in [1.54, 1.807) is 17.4 Å². The fourth-order valence-corrected chi connectivity index (χ4v) is 3.40. The van der Waals surface area contributed by atoms with Crippen LogP contribution in [-0.2, 0) is 13.0 Å². The Bertz CT molecular complexity index is 483. The normalized spacial score (nSPS) is 12.8. The monoisotopic (exact) mass is 276 g/mol. The molecule has 0 unspecified atom stereocenters. The number of nitrogens with one attached hydrogen (secondary N) is 2. The van der Waals surface area contributed by atoms with Gasteiger partial charge in [-0.25, -0.2) is 0 Å². The number of thiophene rings is 1. The molecule has 2 N–H and O–H groups in total. The molecular weight excluding hydrogens is 252 g/mol. The molecule has 3 heteroatoms. The first-order valence-electron chi connectivity index (χ1n) is 6.73. The quantitative estimate of drug-likeness (QED) is 0.787. The lowest BCUT2D eigenvalue weighted by Crippen LogP contribution is -2.22. The second kappa shape index (κ2) is 7.31. The van der Waals surface area contributed by atoms with Gasteiger partial charge in [-0.3, -0.25) is 0 Å². The second-order valence-corrected chi connectivity index (χ2v) is 5.37. The molecule has 1 aromatic rings. The molecule has 0 amide bonds. The molecule has 19 heavy (non-hydrogen) atoms. The molecule has 2 rings (SSSR count). The summed E-state index contributed by atoms with van der Waals surface area (Å²) in [4.78, 5) is 1.41. The van der Waals surface area contributed by atoms with E-state index in [0.717, 1.165) is 35.8 Å². The van der Waals surface area contributed by atoms with Crippen molar-refractivity contribution in [3.8, 4) is 0 Å². The summed E-state index contributed by atoms with van der Waals surface area (Å²) in [5.41, 5.74) is 4.66. The van der Waals surface area contributed by atoms with Crippen LogP contribution in [0.4, 0.5) is 5.00 Å². The highest BCUT2D eigenvalue weighted by Gasteiger charge is 2.20. The number of hydrogen-bond acceptors (Lipinski definition) is 3. The van der Waals surface area contributed by atoms with E-state index in [0.29, 0.717) is 0 Å². The molecule has 2 nitrogen and oxygen atoms in total. The van der Waals surface area contributed by atoms with Gasteiger partial charge < -0.3 is 10.6 Å². The van der Waals surface area contributed by atoms with Crippen molar-refractivity contribution in [2.24, 2.45) is 0 Å². The molecule has 1 aromatic heterocycles. The molecule has 1 aliphatic heterocycles. The molecule has 0 aliphatic carbocycles. The highest BCUT2D eigenvalue weighted by molar-refractivity contribution is 7.16. The van der Waals surface area contributed by atoms with Crippen LogP contribution in [-0.4, -0.2) is 6.54 Å². The maximum absolute atomic E-state index is 4.09.